The Morgan fingerprint density at radius 3 is 1.82 bits per heavy atom. The minimum Gasteiger partial charge on any atom is -0.394 e. The quantitative estimate of drug-likeness (QED) is 0.414. The Balaban J connectivity index is 3.41. The Morgan fingerprint density at radius 2 is 1.29 bits per heavy atom. The molecule has 104 valence electrons. The molecule has 0 saturated carbocycles. The Morgan fingerprint density at radius 1 is 0.765 bits per heavy atom. The van der Waals surface area contributed by atoms with Gasteiger partial charge in [0.1, 0.15) is 12.2 Å². The van der Waals surface area contributed by atoms with E-state index in [1.165, 1.54) is 25.7 Å². The first kappa shape index (κ1) is 16.8. The molecule has 3 unspecified atom stereocenters. The van der Waals surface area contributed by atoms with Gasteiger partial charge in [-0.25, -0.2) is 0 Å². The number of unbranched alkanes of at least 4 members (excludes halogenated alkanes) is 6. The summed E-state index contributed by atoms with van der Waals surface area (Å²) in [6.45, 7) is 1.67. The molecule has 0 heterocycles. The van der Waals surface area contributed by atoms with Gasteiger partial charge in [-0.15, -0.1) is 0 Å². The average molecular weight is 248 g/mol. The molecule has 4 nitrogen and oxygen atoms in total. The van der Waals surface area contributed by atoms with Crippen molar-refractivity contribution in [1.82, 2.24) is 0 Å². The highest BCUT2D eigenvalue weighted by Crippen LogP contribution is 2.12. The van der Waals surface area contributed by atoms with Gasteiger partial charge in [-0.3, -0.25) is 0 Å². The lowest BCUT2D eigenvalue weighted by Gasteiger charge is -2.21. The van der Waals surface area contributed by atoms with Crippen LogP contribution < -0.4 is 0 Å². The van der Waals surface area contributed by atoms with Crippen LogP contribution >= 0.6 is 0 Å². The SMILES string of the molecule is CCCCCCCCCC(O)C(O)C(O)CO. The van der Waals surface area contributed by atoms with Gasteiger partial charge in [-0.2, -0.15) is 0 Å². The summed E-state index contributed by atoms with van der Waals surface area (Å²) in [6.07, 6.45) is 5.13. The molecular weight excluding hydrogens is 220 g/mol. The molecule has 0 saturated heterocycles. The normalized spacial score (nSPS) is 16.8. The van der Waals surface area contributed by atoms with Crippen molar-refractivity contribution < 1.29 is 20.4 Å². The molecule has 4 heteroatoms. The number of aliphatic hydroxyl groups is 4. The molecule has 4 N–H and O–H groups in total. The van der Waals surface area contributed by atoms with E-state index in [9.17, 15) is 10.2 Å². The Hall–Kier alpha value is -0.160. The van der Waals surface area contributed by atoms with Gasteiger partial charge < -0.3 is 20.4 Å². The smallest absolute Gasteiger partial charge is 0.108 e. The maximum absolute atomic E-state index is 9.54. The maximum Gasteiger partial charge on any atom is 0.108 e. The van der Waals surface area contributed by atoms with E-state index >= 15 is 0 Å². The lowest BCUT2D eigenvalue weighted by Crippen LogP contribution is -2.39. The molecule has 0 rings (SSSR count). The highest BCUT2D eigenvalue weighted by atomic mass is 16.4. The van der Waals surface area contributed by atoms with Crippen molar-refractivity contribution in [2.45, 2.75) is 76.6 Å². The van der Waals surface area contributed by atoms with E-state index in [0.717, 1.165) is 19.3 Å². The largest absolute Gasteiger partial charge is 0.394 e. The Labute approximate surface area is 104 Å². The van der Waals surface area contributed by atoms with Crippen LogP contribution in [0.3, 0.4) is 0 Å². The predicted octanol–water partition coefficient (Wildman–Crippen LogP) is 1.20. The average Bonchev–Trinajstić information content (AvgIpc) is 2.35. The van der Waals surface area contributed by atoms with Crippen LogP contribution in [0.4, 0.5) is 0 Å². The molecule has 0 aromatic carbocycles. The maximum atomic E-state index is 9.54. The molecule has 0 spiro atoms. The fourth-order valence-electron chi connectivity index (χ4n) is 1.85. The summed E-state index contributed by atoms with van der Waals surface area (Å²) in [5.41, 5.74) is 0. The molecule has 0 aliphatic rings. The Kier molecular flexibility index (Phi) is 10.9. The summed E-state index contributed by atoms with van der Waals surface area (Å²) >= 11 is 0. The second kappa shape index (κ2) is 11.0. The van der Waals surface area contributed by atoms with Crippen LogP contribution in [0.25, 0.3) is 0 Å². The zero-order valence-electron chi connectivity index (χ0n) is 10.9. The number of hydrogen-bond acceptors (Lipinski definition) is 4. The zero-order valence-corrected chi connectivity index (χ0v) is 10.9. The molecule has 0 aromatic rings. The van der Waals surface area contributed by atoms with Crippen LogP contribution in [0.5, 0.6) is 0 Å². The minimum absolute atomic E-state index is 0.478. The van der Waals surface area contributed by atoms with Crippen LogP contribution in [-0.4, -0.2) is 45.3 Å². The van der Waals surface area contributed by atoms with E-state index in [1.807, 2.05) is 0 Å². The van der Waals surface area contributed by atoms with Gasteiger partial charge in [-0.1, -0.05) is 51.9 Å². The predicted molar refractivity (Wildman–Crippen MR) is 67.7 cm³/mol. The standard InChI is InChI=1S/C13H28O4/c1-2-3-4-5-6-7-8-9-11(15)13(17)12(16)10-14/h11-17H,2-10H2,1H3. The summed E-state index contributed by atoms with van der Waals surface area (Å²) < 4.78 is 0. The molecule has 3 atom stereocenters. The first-order valence-corrected chi connectivity index (χ1v) is 6.78. The molecule has 0 fully saturated rings. The molecule has 0 amide bonds. The van der Waals surface area contributed by atoms with Crippen LogP contribution in [0.2, 0.25) is 0 Å². The van der Waals surface area contributed by atoms with E-state index < -0.39 is 24.9 Å². The van der Waals surface area contributed by atoms with Crippen molar-refractivity contribution in [3.05, 3.63) is 0 Å². The first-order valence-electron chi connectivity index (χ1n) is 6.78. The third kappa shape index (κ3) is 8.55. The first-order chi connectivity index (χ1) is 8.13. The summed E-state index contributed by atoms with van der Waals surface area (Å²) in [5.74, 6) is 0. The molecule has 0 aliphatic carbocycles. The molecule has 0 bridgehead atoms. The molecule has 0 aromatic heterocycles. The third-order valence-corrected chi connectivity index (χ3v) is 3.08. The van der Waals surface area contributed by atoms with Crippen LogP contribution in [-0.2, 0) is 0 Å². The summed E-state index contributed by atoms with van der Waals surface area (Å²) in [7, 11) is 0. The van der Waals surface area contributed by atoms with Gasteiger partial charge in [0.05, 0.1) is 12.7 Å². The van der Waals surface area contributed by atoms with Gasteiger partial charge in [0.25, 0.3) is 0 Å². The van der Waals surface area contributed by atoms with Gasteiger partial charge in [0.2, 0.25) is 0 Å². The van der Waals surface area contributed by atoms with E-state index in [-0.39, 0.29) is 0 Å². The molecule has 17 heavy (non-hydrogen) atoms. The topological polar surface area (TPSA) is 80.9 Å². The molecule has 0 aliphatic heterocycles. The van der Waals surface area contributed by atoms with Crippen molar-refractivity contribution in [3.8, 4) is 0 Å². The second-order valence-corrected chi connectivity index (χ2v) is 4.72. The zero-order chi connectivity index (χ0) is 13.1. The summed E-state index contributed by atoms with van der Waals surface area (Å²) in [4.78, 5) is 0. The summed E-state index contributed by atoms with van der Waals surface area (Å²) in [5, 5.41) is 36.7. The van der Waals surface area contributed by atoms with E-state index in [2.05, 4.69) is 6.92 Å². The van der Waals surface area contributed by atoms with Crippen molar-refractivity contribution in [2.24, 2.45) is 0 Å². The van der Waals surface area contributed by atoms with E-state index in [1.54, 1.807) is 0 Å². The van der Waals surface area contributed by atoms with Crippen LogP contribution in [0.1, 0.15) is 58.3 Å². The van der Waals surface area contributed by atoms with Crippen LogP contribution in [0, 0.1) is 0 Å². The lowest BCUT2D eigenvalue weighted by molar-refractivity contribution is -0.0787. The van der Waals surface area contributed by atoms with E-state index in [0.29, 0.717) is 6.42 Å². The lowest BCUT2D eigenvalue weighted by atomic mass is 10.0. The summed E-state index contributed by atoms with van der Waals surface area (Å²) in [6, 6.07) is 0. The van der Waals surface area contributed by atoms with Gasteiger partial charge >= 0.3 is 0 Å². The van der Waals surface area contributed by atoms with Gasteiger partial charge in [-0.05, 0) is 6.42 Å². The van der Waals surface area contributed by atoms with Gasteiger partial charge in [0, 0.05) is 0 Å². The highest BCUT2D eigenvalue weighted by Gasteiger charge is 2.23. The van der Waals surface area contributed by atoms with Crippen LogP contribution in [0.15, 0.2) is 0 Å². The monoisotopic (exact) mass is 248 g/mol. The second-order valence-electron chi connectivity index (χ2n) is 4.72. The highest BCUT2D eigenvalue weighted by molar-refractivity contribution is 4.74. The fourth-order valence-corrected chi connectivity index (χ4v) is 1.85. The minimum atomic E-state index is -1.24. The van der Waals surface area contributed by atoms with Gasteiger partial charge in [0.15, 0.2) is 0 Å². The fraction of sp³-hybridized carbons (Fsp3) is 1.00. The van der Waals surface area contributed by atoms with Crippen molar-refractivity contribution in [1.29, 1.82) is 0 Å². The number of aliphatic hydroxyl groups excluding tert-OH is 4. The number of hydrogen-bond donors (Lipinski definition) is 4. The molecule has 0 radical (unpaired) electrons. The Bertz CT molecular complexity index is 163. The third-order valence-electron chi connectivity index (χ3n) is 3.08. The van der Waals surface area contributed by atoms with Crippen molar-refractivity contribution >= 4 is 0 Å². The molecular formula is C13H28O4. The van der Waals surface area contributed by atoms with Crippen molar-refractivity contribution in [2.75, 3.05) is 6.61 Å². The number of rotatable bonds is 11. The van der Waals surface area contributed by atoms with E-state index in [4.69, 9.17) is 10.2 Å². The van der Waals surface area contributed by atoms with Crippen molar-refractivity contribution in [3.63, 3.8) is 0 Å².